The van der Waals surface area contributed by atoms with Crippen molar-refractivity contribution in [1.29, 1.82) is 0 Å². The number of benzene rings is 1. The fourth-order valence-electron chi connectivity index (χ4n) is 2.39. The number of amides is 1. The fraction of sp³-hybridized carbons (Fsp3) is 0.611. The van der Waals surface area contributed by atoms with Crippen LogP contribution in [0.4, 0.5) is 0 Å². The van der Waals surface area contributed by atoms with E-state index in [1.54, 1.807) is 0 Å². The van der Waals surface area contributed by atoms with Gasteiger partial charge in [-0.25, -0.2) is 0 Å². The van der Waals surface area contributed by atoms with E-state index in [1.165, 1.54) is 5.56 Å². The Bertz CT molecular complexity index is 408. The van der Waals surface area contributed by atoms with E-state index in [0.717, 1.165) is 50.8 Å². The molecule has 21 heavy (non-hydrogen) atoms. The van der Waals surface area contributed by atoms with Crippen LogP contribution >= 0.6 is 0 Å². The molecule has 1 amide bonds. The second-order valence-electron chi connectivity index (χ2n) is 5.59. The van der Waals surface area contributed by atoms with E-state index in [9.17, 15) is 9.90 Å². The van der Waals surface area contributed by atoms with Gasteiger partial charge in [0.05, 0.1) is 6.10 Å². The van der Waals surface area contributed by atoms with Gasteiger partial charge < -0.3 is 10.0 Å². The van der Waals surface area contributed by atoms with Crippen molar-refractivity contribution in [1.82, 2.24) is 4.90 Å². The van der Waals surface area contributed by atoms with Gasteiger partial charge in [-0.3, -0.25) is 4.79 Å². The van der Waals surface area contributed by atoms with E-state index in [-0.39, 0.29) is 12.0 Å². The SMILES string of the molecule is CCCN(CCC)C(=O)c1ccc(CCC(O)CC)cc1. The number of aliphatic hydroxyl groups excluding tert-OH is 1. The molecule has 1 atom stereocenters. The van der Waals surface area contributed by atoms with Crippen LogP contribution in [0.5, 0.6) is 0 Å². The Morgan fingerprint density at radius 3 is 2.14 bits per heavy atom. The van der Waals surface area contributed by atoms with E-state index in [2.05, 4.69) is 13.8 Å². The van der Waals surface area contributed by atoms with Crippen LogP contribution in [-0.2, 0) is 6.42 Å². The third-order valence-corrected chi connectivity index (χ3v) is 3.71. The van der Waals surface area contributed by atoms with Gasteiger partial charge >= 0.3 is 0 Å². The van der Waals surface area contributed by atoms with Crippen molar-refractivity contribution in [2.75, 3.05) is 13.1 Å². The first kappa shape index (κ1) is 17.7. The predicted molar refractivity (Wildman–Crippen MR) is 87.5 cm³/mol. The molecule has 1 aromatic rings. The molecule has 3 nitrogen and oxygen atoms in total. The summed E-state index contributed by atoms with van der Waals surface area (Å²) in [5.74, 6) is 0.124. The van der Waals surface area contributed by atoms with Gasteiger partial charge in [0.25, 0.3) is 5.91 Å². The molecule has 1 rings (SSSR count). The van der Waals surface area contributed by atoms with Crippen LogP contribution < -0.4 is 0 Å². The highest BCUT2D eigenvalue weighted by molar-refractivity contribution is 5.94. The topological polar surface area (TPSA) is 40.5 Å². The van der Waals surface area contributed by atoms with Gasteiger partial charge in [0, 0.05) is 18.7 Å². The number of carbonyl (C=O) groups excluding carboxylic acids is 1. The first-order valence-corrected chi connectivity index (χ1v) is 8.18. The lowest BCUT2D eigenvalue weighted by molar-refractivity contribution is 0.0755. The largest absolute Gasteiger partial charge is 0.393 e. The van der Waals surface area contributed by atoms with Crippen molar-refractivity contribution in [2.45, 2.75) is 59.0 Å². The lowest BCUT2D eigenvalue weighted by atomic mass is 10.0. The molecule has 0 spiro atoms. The molecule has 1 unspecified atom stereocenters. The Balaban J connectivity index is 2.65. The zero-order valence-electron chi connectivity index (χ0n) is 13.6. The minimum absolute atomic E-state index is 0.124. The van der Waals surface area contributed by atoms with Crippen molar-refractivity contribution in [3.8, 4) is 0 Å². The molecule has 0 saturated carbocycles. The third-order valence-electron chi connectivity index (χ3n) is 3.71. The van der Waals surface area contributed by atoms with Crippen LogP contribution in [0.1, 0.15) is 62.4 Å². The molecular weight excluding hydrogens is 262 g/mol. The average molecular weight is 291 g/mol. The summed E-state index contributed by atoms with van der Waals surface area (Å²) in [6.07, 6.45) is 4.17. The van der Waals surface area contributed by atoms with Crippen LogP contribution in [0, 0.1) is 0 Å². The molecule has 1 aromatic carbocycles. The number of carbonyl (C=O) groups is 1. The highest BCUT2D eigenvalue weighted by Crippen LogP contribution is 2.12. The van der Waals surface area contributed by atoms with Crippen LogP contribution in [-0.4, -0.2) is 35.1 Å². The molecule has 0 aliphatic carbocycles. The van der Waals surface area contributed by atoms with E-state index < -0.39 is 0 Å². The molecule has 0 fully saturated rings. The van der Waals surface area contributed by atoms with Crippen molar-refractivity contribution in [3.63, 3.8) is 0 Å². The number of hydrogen-bond acceptors (Lipinski definition) is 2. The Hall–Kier alpha value is -1.35. The number of nitrogens with zero attached hydrogens (tertiary/aromatic N) is 1. The van der Waals surface area contributed by atoms with Crippen molar-refractivity contribution in [3.05, 3.63) is 35.4 Å². The standard InChI is InChI=1S/C18H29NO2/c1-4-13-19(14-5-2)18(21)16-10-7-15(8-11-16)9-12-17(20)6-3/h7-8,10-11,17,20H,4-6,9,12-14H2,1-3H3. The fourth-order valence-corrected chi connectivity index (χ4v) is 2.39. The molecule has 0 aliphatic rings. The lowest BCUT2D eigenvalue weighted by Gasteiger charge is -2.21. The van der Waals surface area contributed by atoms with Gasteiger partial charge in [-0.2, -0.15) is 0 Å². The Labute approximate surface area is 129 Å². The minimum Gasteiger partial charge on any atom is -0.393 e. The van der Waals surface area contributed by atoms with Crippen LogP contribution in [0.25, 0.3) is 0 Å². The van der Waals surface area contributed by atoms with E-state index in [0.29, 0.717) is 0 Å². The Morgan fingerprint density at radius 1 is 1.10 bits per heavy atom. The monoisotopic (exact) mass is 291 g/mol. The summed E-state index contributed by atoms with van der Waals surface area (Å²) in [4.78, 5) is 14.4. The molecule has 0 aliphatic heterocycles. The molecule has 118 valence electrons. The maximum Gasteiger partial charge on any atom is 0.253 e. The molecule has 3 heteroatoms. The molecule has 0 saturated heterocycles. The lowest BCUT2D eigenvalue weighted by Crippen LogP contribution is -2.32. The van der Waals surface area contributed by atoms with Gasteiger partial charge in [0.1, 0.15) is 0 Å². The van der Waals surface area contributed by atoms with Crippen LogP contribution in [0.3, 0.4) is 0 Å². The number of aliphatic hydroxyl groups is 1. The maximum absolute atomic E-state index is 12.4. The second-order valence-corrected chi connectivity index (χ2v) is 5.59. The number of aryl methyl sites for hydroxylation is 1. The minimum atomic E-state index is -0.226. The number of rotatable bonds is 9. The number of hydrogen-bond donors (Lipinski definition) is 1. The summed E-state index contributed by atoms with van der Waals surface area (Å²) in [5, 5.41) is 9.59. The normalized spacial score (nSPS) is 12.2. The van der Waals surface area contributed by atoms with Gasteiger partial charge in [-0.05, 0) is 49.8 Å². The predicted octanol–water partition coefficient (Wildman–Crippen LogP) is 3.65. The molecule has 0 heterocycles. The average Bonchev–Trinajstić information content (AvgIpc) is 2.52. The first-order chi connectivity index (χ1) is 10.1. The zero-order chi connectivity index (χ0) is 15.7. The van der Waals surface area contributed by atoms with Crippen LogP contribution in [0.2, 0.25) is 0 Å². The molecule has 1 N–H and O–H groups in total. The third kappa shape index (κ3) is 5.88. The van der Waals surface area contributed by atoms with E-state index in [1.807, 2.05) is 36.1 Å². The van der Waals surface area contributed by atoms with Crippen LogP contribution in [0.15, 0.2) is 24.3 Å². The highest BCUT2D eigenvalue weighted by Gasteiger charge is 2.13. The summed E-state index contributed by atoms with van der Waals surface area (Å²) in [5.41, 5.74) is 1.94. The van der Waals surface area contributed by atoms with E-state index in [4.69, 9.17) is 0 Å². The quantitative estimate of drug-likeness (QED) is 0.754. The van der Waals surface area contributed by atoms with Crippen molar-refractivity contribution >= 4 is 5.91 Å². The maximum atomic E-state index is 12.4. The first-order valence-electron chi connectivity index (χ1n) is 8.18. The summed E-state index contributed by atoms with van der Waals surface area (Å²) in [6.45, 7) is 7.81. The summed E-state index contributed by atoms with van der Waals surface area (Å²) in [6, 6.07) is 7.83. The highest BCUT2D eigenvalue weighted by atomic mass is 16.3. The molecule has 0 aromatic heterocycles. The smallest absolute Gasteiger partial charge is 0.253 e. The Morgan fingerprint density at radius 2 is 1.67 bits per heavy atom. The van der Waals surface area contributed by atoms with Gasteiger partial charge in [0.15, 0.2) is 0 Å². The van der Waals surface area contributed by atoms with Gasteiger partial charge in [0.2, 0.25) is 0 Å². The van der Waals surface area contributed by atoms with Gasteiger partial charge in [-0.1, -0.05) is 32.9 Å². The summed E-state index contributed by atoms with van der Waals surface area (Å²) < 4.78 is 0. The Kier molecular flexibility index (Phi) is 8.06. The second kappa shape index (κ2) is 9.56. The zero-order valence-corrected chi connectivity index (χ0v) is 13.6. The summed E-state index contributed by atoms with van der Waals surface area (Å²) in [7, 11) is 0. The summed E-state index contributed by atoms with van der Waals surface area (Å²) >= 11 is 0. The molecule has 0 radical (unpaired) electrons. The van der Waals surface area contributed by atoms with Crippen molar-refractivity contribution in [2.24, 2.45) is 0 Å². The van der Waals surface area contributed by atoms with Gasteiger partial charge in [-0.15, -0.1) is 0 Å². The van der Waals surface area contributed by atoms with Crippen molar-refractivity contribution < 1.29 is 9.90 Å². The van der Waals surface area contributed by atoms with E-state index >= 15 is 0 Å². The molecule has 0 bridgehead atoms. The molecular formula is C18H29NO2.